The topological polar surface area (TPSA) is 126 Å². The van der Waals surface area contributed by atoms with Gasteiger partial charge in [-0.1, -0.05) is 12.1 Å². The van der Waals surface area contributed by atoms with Crippen LogP contribution >= 0.6 is 7.82 Å². The molecule has 0 atom stereocenters. The summed E-state index contributed by atoms with van der Waals surface area (Å²) in [5.41, 5.74) is 1.47. The summed E-state index contributed by atoms with van der Waals surface area (Å²) in [4.78, 5) is 35.9. The zero-order valence-electron chi connectivity index (χ0n) is 19.4. The first kappa shape index (κ1) is 30.0. The zero-order valence-corrected chi connectivity index (χ0v) is 24.3. The average Bonchev–Trinajstić information content (AvgIpc) is 2.76. The number of ketones is 1. The van der Waals surface area contributed by atoms with Crippen molar-refractivity contribution < 1.29 is 102 Å². The van der Waals surface area contributed by atoms with Crippen molar-refractivity contribution in [1.82, 2.24) is 0 Å². The molecule has 0 bridgehead atoms. The minimum atomic E-state index is -5.34. The number of carbonyl (C=O) groups is 1. The molecule has 0 spiro atoms. The van der Waals surface area contributed by atoms with E-state index >= 15 is 0 Å². The van der Waals surface area contributed by atoms with Gasteiger partial charge >= 0.3 is 59.1 Å². The monoisotopic (exact) mass is 494 g/mol. The second kappa shape index (κ2) is 12.6. The van der Waals surface area contributed by atoms with E-state index in [4.69, 9.17) is 18.9 Å². The largest absolute Gasteiger partial charge is 1.00 e. The van der Waals surface area contributed by atoms with Gasteiger partial charge < -0.3 is 37.8 Å². The molecule has 1 aliphatic rings. The van der Waals surface area contributed by atoms with E-state index in [1.807, 2.05) is 0 Å². The quantitative estimate of drug-likeness (QED) is 0.206. The van der Waals surface area contributed by atoms with Crippen LogP contribution in [0.3, 0.4) is 0 Å². The standard InChI is InChI=1S/C21H23O9P.2Na/c1-26-16-9-8-13-14(6-5-7-15(13)20(16)30-31(23,24)25)19(22)12-10-17(27-2)21(29-4)18(11-12)28-3;;/h6,8-11H,5,7H2,1-4H3,(H2,23,24,25);;/q;2*+1/p-2. The minimum Gasteiger partial charge on any atom is -0.780 e. The number of phosphoric ester groups is 1. The Bertz CT molecular complexity index is 1070. The number of ether oxygens (including phenoxy) is 4. The molecule has 0 unspecified atom stereocenters. The van der Waals surface area contributed by atoms with Crippen LogP contribution in [0.2, 0.25) is 0 Å². The van der Waals surface area contributed by atoms with E-state index in [9.17, 15) is 19.1 Å². The molecule has 3 rings (SSSR count). The normalized spacial score (nSPS) is 12.2. The molecule has 0 saturated heterocycles. The van der Waals surface area contributed by atoms with E-state index in [0.29, 0.717) is 46.8 Å². The van der Waals surface area contributed by atoms with E-state index in [1.54, 1.807) is 12.1 Å². The number of benzene rings is 2. The van der Waals surface area contributed by atoms with Gasteiger partial charge in [-0.05, 0) is 36.6 Å². The Kier molecular flexibility index (Phi) is 11.5. The summed E-state index contributed by atoms with van der Waals surface area (Å²) in [6, 6.07) is 6.14. The summed E-state index contributed by atoms with van der Waals surface area (Å²) in [6.45, 7) is 0. The van der Waals surface area contributed by atoms with Crippen LogP contribution in [0.5, 0.6) is 28.7 Å². The Hall–Kier alpha value is -1.00. The molecule has 9 nitrogen and oxygen atoms in total. The van der Waals surface area contributed by atoms with Crippen LogP contribution in [0.4, 0.5) is 0 Å². The number of fused-ring (bicyclic) bond motifs is 1. The van der Waals surface area contributed by atoms with Crippen molar-refractivity contribution in [1.29, 1.82) is 0 Å². The predicted molar refractivity (Wildman–Crippen MR) is 108 cm³/mol. The van der Waals surface area contributed by atoms with Gasteiger partial charge in [0.25, 0.3) is 0 Å². The Morgan fingerprint density at radius 3 is 1.94 bits per heavy atom. The third kappa shape index (κ3) is 6.57. The number of hydrogen-bond acceptors (Lipinski definition) is 9. The SMILES string of the molecule is COc1cc(C(=O)C2=CCCc3c2ccc(OC)c3OP(=O)([O-])[O-])cc(OC)c1OC.[Na+].[Na+]. The van der Waals surface area contributed by atoms with Crippen LogP contribution < -0.4 is 92.4 Å². The summed E-state index contributed by atoms with van der Waals surface area (Å²) in [5, 5.41) is 0. The minimum absolute atomic E-state index is 0. The van der Waals surface area contributed by atoms with Crippen molar-refractivity contribution in [3.63, 3.8) is 0 Å². The van der Waals surface area contributed by atoms with Gasteiger partial charge in [0.2, 0.25) is 5.75 Å². The maximum atomic E-state index is 13.4. The Labute approximate surface area is 236 Å². The number of phosphoric acid groups is 1. The fraction of sp³-hybridized carbons (Fsp3) is 0.286. The summed E-state index contributed by atoms with van der Waals surface area (Å²) in [7, 11) is 0.342. The molecule has 2 aromatic rings. The molecule has 33 heavy (non-hydrogen) atoms. The molecule has 0 aliphatic heterocycles. The van der Waals surface area contributed by atoms with Gasteiger partial charge in [-0.3, -0.25) is 4.79 Å². The molecule has 0 aromatic heterocycles. The zero-order chi connectivity index (χ0) is 22.8. The molecule has 166 valence electrons. The van der Waals surface area contributed by atoms with E-state index < -0.39 is 7.82 Å². The number of rotatable bonds is 8. The van der Waals surface area contributed by atoms with E-state index in [0.717, 1.165) is 0 Å². The van der Waals surface area contributed by atoms with E-state index in [-0.39, 0.29) is 82.0 Å². The smallest absolute Gasteiger partial charge is 0.780 e. The van der Waals surface area contributed by atoms with Crippen LogP contribution in [0, 0.1) is 0 Å². The first-order valence-electron chi connectivity index (χ1n) is 9.20. The van der Waals surface area contributed by atoms with Crippen LogP contribution in [-0.4, -0.2) is 34.2 Å². The van der Waals surface area contributed by atoms with Gasteiger partial charge in [0.1, 0.15) is 7.82 Å². The van der Waals surface area contributed by atoms with Crippen molar-refractivity contribution in [3.05, 3.63) is 47.0 Å². The third-order valence-corrected chi connectivity index (χ3v) is 5.26. The molecule has 0 saturated carbocycles. The Morgan fingerprint density at radius 1 is 0.879 bits per heavy atom. The van der Waals surface area contributed by atoms with Gasteiger partial charge in [-0.2, -0.15) is 0 Å². The fourth-order valence-corrected chi connectivity index (χ4v) is 3.96. The van der Waals surface area contributed by atoms with E-state index in [2.05, 4.69) is 4.52 Å². The summed E-state index contributed by atoms with van der Waals surface area (Å²) >= 11 is 0. The fourth-order valence-electron chi connectivity index (χ4n) is 3.53. The van der Waals surface area contributed by atoms with E-state index in [1.165, 1.54) is 46.6 Å². The Balaban J connectivity index is 0.00000272. The maximum Gasteiger partial charge on any atom is 1.00 e. The van der Waals surface area contributed by atoms with Gasteiger partial charge in [0, 0.05) is 16.7 Å². The second-order valence-electron chi connectivity index (χ2n) is 6.56. The van der Waals surface area contributed by atoms with Crippen molar-refractivity contribution in [2.24, 2.45) is 0 Å². The molecule has 0 heterocycles. The molecule has 1 aliphatic carbocycles. The maximum absolute atomic E-state index is 13.4. The summed E-state index contributed by atoms with van der Waals surface area (Å²) in [5.74, 6) is 0.535. The van der Waals surface area contributed by atoms with Crippen LogP contribution in [0.1, 0.15) is 27.9 Å². The number of hydrogen-bond donors (Lipinski definition) is 0. The molecule has 2 aromatic carbocycles. The molecule has 12 heteroatoms. The number of methoxy groups -OCH3 is 4. The third-order valence-electron chi connectivity index (χ3n) is 4.85. The molecule has 0 N–H and O–H groups in total. The van der Waals surface area contributed by atoms with Gasteiger partial charge in [0.05, 0.1) is 28.4 Å². The van der Waals surface area contributed by atoms with Crippen LogP contribution in [0.25, 0.3) is 5.57 Å². The molecule has 0 radical (unpaired) electrons. The van der Waals surface area contributed by atoms with Gasteiger partial charge in [-0.25, -0.2) is 0 Å². The van der Waals surface area contributed by atoms with Gasteiger partial charge in [0.15, 0.2) is 28.8 Å². The predicted octanol–water partition coefficient (Wildman–Crippen LogP) is -3.85. The number of carbonyl (C=O) groups excluding carboxylic acids is 1. The van der Waals surface area contributed by atoms with Crippen molar-refractivity contribution >= 4 is 19.2 Å². The van der Waals surface area contributed by atoms with Crippen molar-refractivity contribution in [2.45, 2.75) is 12.8 Å². The first-order chi connectivity index (χ1) is 14.7. The number of Topliss-reactive ketones (excluding diaryl/α,β-unsaturated/α-hetero) is 1. The Morgan fingerprint density at radius 2 is 1.45 bits per heavy atom. The van der Waals surface area contributed by atoms with Crippen molar-refractivity contribution in [2.75, 3.05) is 28.4 Å². The van der Waals surface area contributed by atoms with Crippen molar-refractivity contribution in [3.8, 4) is 28.7 Å². The van der Waals surface area contributed by atoms with Crippen LogP contribution in [0.15, 0.2) is 30.3 Å². The molecular formula is C21H21Na2O9P. The van der Waals surface area contributed by atoms with Crippen LogP contribution in [-0.2, 0) is 11.0 Å². The number of allylic oxidation sites excluding steroid dienone is 2. The summed E-state index contributed by atoms with van der Waals surface area (Å²) < 4.78 is 37.0. The second-order valence-corrected chi connectivity index (χ2v) is 7.64. The average molecular weight is 494 g/mol. The molecule has 0 amide bonds. The molecular weight excluding hydrogens is 473 g/mol. The molecule has 0 fully saturated rings. The van der Waals surface area contributed by atoms with Gasteiger partial charge in [-0.15, -0.1) is 0 Å². The summed E-state index contributed by atoms with van der Waals surface area (Å²) in [6.07, 6.45) is 2.55. The first-order valence-corrected chi connectivity index (χ1v) is 10.7.